The van der Waals surface area contributed by atoms with Gasteiger partial charge in [0.25, 0.3) is 0 Å². The molecule has 1 saturated heterocycles. The first-order chi connectivity index (χ1) is 6.18. The second kappa shape index (κ2) is 5.61. The maximum Gasteiger partial charge on any atom is 0.0195 e. The molecule has 2 heteroatoms. The Kier molecular flexibility index (Phi) is 4.74. The summed E-state index contributed by atoms with van der Waals surface area (Å²) in [5, 5.41) is 3.53. The molecule has 0 aliphatic carbocycles. The standard InChI is InChI=1S/C11H24N2/c1-10(2)6-8-13(3)9-11-5-4-7-12-11/h10-12H,4-9H2,1-3H3. The fourth-order valence-corrected chi connectivity index (χ4v) is 1.86. The smallest absolute Gasteiger partial charge is 0.0195 e. The molecule has 1 fully saturated rings. The second-order valence-electron chi connectivity index (χ2n) is 4.74. The first-order valence-electron chi connectivity index (χ1n) is 5.60. The molecule has 1 atom stereocenters. The lowest BCUT2D eigenvalue weighted by Crippen LogP contribution is -2.36. The van der Waals surface area contributed by atoms with Crippen molar-refractivity contribution < 1.29 is 0 Å². The Morgan fingerprint density at radius 3 is 2.77 bits per heavy atom. The first kappa shape index (κ1) is 11.0. The van der Waals surface area contributed by atoms with Gasteiger partial charge in [-0.2, -0.15) is 0 Å². The van der Waals surface area contributed by atoms with Crippen LogP contribution in [-0.2, 0) is 0 Å². The fourth-order valence-electron chi connectivity index (χ4n) is 1.86. The Morgan fingerprint density at radius 1 is 1.46 bits per heavy atom. The van der Waals surface area contributed by atoms with Gasteiger partial charge in [0, 0.05) is 12.6 Å². The number of rotatable bonds is 5. The molecule has 0 aromatic rings. The third-order valence-electron chi connectivity index (χ3n) is 2.78. The predicted molar refractivity (Wildman–Crippen MR) is 58.0 cm³/mol. The normalized spacial score (nSPS) is 23.3. The van der Waals surface area contributed by atoms with Crippen molar-refractivity contribution in [1.82, 2.24) is 10.2 Å². The zero-order valence-corrected chi connectivity index (χ0v) is 9.34. The predicted octanol–water partition coefficient (Wildman–Crippen LogP) is 1.72. The van der Waals surface area contributed by atoms with Gasteiger partial charge in [0.05, 0.1) is 0 Å². The third kappa shape index (κ3) is 4.63. The van der Waals surface area contributed by atoms with Crippen molar-refractivity contribution in [2.24, 2.45) is 5.92 Å². The summed E-state index contributed by atoms with van der Waals surface area (Å²) in [5.74, 6) is 0.832. The van der Waals surface area contributed by atoms with E-state index in [0.717, 1.165) is 12.0 Å². The van der Waals surface area contributed by atoms with Gasteiger partial charge in [-0.25, -0.2) is 0 Å². The Hall–Kier alpha value is -0.0800. The van der Waals surface area contributed by atoms with Crippen LogP contribution in [0.1, 0.15) is 33.1 Å². The molecule has 1 aliphatic rings. The van der Waals surface area contributed by atoms with Crippen LogP contribution in [0.4, 0.5) is 0 Å². The molecule has 13 heavy (non-hydrogen) atoms. The van der Waals surface area contributed by atoms with E-state index in [4.69, 9.17) is 0 Å². The van der Waals surface area contributed by atoms with E-state index in [9.17, 15) is 0 Å². The molecule has 78 valence electrons. The number of nitrogens with one attached hydrogen (secondary N) is 1. The lowest BCUT2D eigenvalue weighted by atomic mass is 10.1. The van der Waals surface area contributed by atoms with Crippen molar-refractivity contribution >= 4 is 0 Å². The van der Waals surface area contributed by atoms with Crippen molar-refractivity contribution in [3.63, 3.8) is 0 Å². The van der Waals surface area contributed by atoms with Gasteiger partial charge in [0.15, 0.2) is 0 Å². The number of hydrogen-bond donors (Lipinski definition) is 1. The van der Waals surface area contributed by atoms with Crippen LogP contribution in [-0.4, -0.2) is 37.6 Å². The Balaban J connectivity index is 2.05. The van der Waals surface area contributed by atoms with E-state index in [-0.39, 0.29) is 0 Å². The molecule has 1 aliphatic heterocycles. The summed E-state index contributed by atoms with van der Waals surface area (Å²) in [6.45, 7) is 8.29. The molecule has 1 unspecified atom stereocenters. The molecular formula is C11H24N2. The Morgan fingerprint density at radius 2 is 2.23 bits per heavy atom. The second-order valence-corrected chi connectivity index (χ2v) is 4.74. The van der Waals surface area contributed by atoms with Gasteiger partial charge in [-0.1, -0.05) is 13.8 Å². The van der Waals surface area contributed by atoms with E-state index >= 15 is 0 Å². The van der Waals surface area contributed by atoms with Crippen molar-refractivity contribution in [3.05, 3.63) is 0 Å². The summed E-state index contributed by atoms with van der Waals surface area (Å²) >= 11 is 0. The monoisotopic (exact) mass is 184 g/mol. The average Bonchev–Trinajstić information content (AvgIpc) is 2.53. The highest BCUT2D eigenvalue weighted by Gasteiger charge is 2.15. The molecule has 1 rings (SSSR count). The summed E-state index contributed by atoms with van der Waals surface area (Å²) in [6, 6.07) is 0.761. The topological polar surface area (TPSA) is 15.3 Å². The third-order valence-corrected chi connectivity index (χ3v) is 2.78. The van der Waals surface area contributed by atoms with Gasteiger partial charge in [-0.15, -0.1) is 0 Å². The maximum absolute atomic E-state index is 3.53. The molecule has 0 bridgehead atoms. The minimum Gasteiger partial charge on any atom is -0.313 e. The molecule has 1 N–H and O–H groups in total. The van der Waals surface area contributed by atoms with Crippen molar-refractivity contribution in [1.29, 1.82) is 0 Å². The highest BCUT2D eigenvalue weighted by molar-refractivity contribution is 4.76. The average molecular weight is 184 g/mol. The van der Waals surface area contributed by atoms with Gasteiger partial charge < -0.3 is 10.2 Å². The molecular weight excluding hydrogens is 160 g/mol. The van der Waals surface area contributed by atoms with E-state index in [0.29, 0.717) is 0 Å². The molecule has 0 saturated carbocycles. The summed E-state index contributed by atoms with van der Waals surface area (Å²) in [6.07, 6.45) is 4.05. The van der Waals surface area contributed by atoms with E-state index in [1.807, 2.05) is 0 Å². The van der Waals surface area contributed by atoms with Gasteiger partial charge in [0.2, 0.25) is 0 Å². The van der Waals surface area contributed by atoms with Crippen LogP contribution >= 0.6 is 0 Å². The quantitative estimate of drug-likeness (QED) is 0.700. The zero-order chi connectivity index (χ0) is 9.68. The number of nitrogens with zero attached hydrogens (tertiary/aromatic N) is 1. The van der Waals surface area contributed by atoms with Crippen LogP contribution in [0.5, 0.6) is 0 Å². The molecule has 0 spiro atoms. The largest absolute Gasteiger partial charge is 0.313 e. The summed E-state index contributed by atoms with van der Waals surface area (Å²) in [4.78, 5) is 2.46. The minimum atomic E-state index is 0.761. The highest BCUT2D eigenvalue weighted by atomic mass is 15.1. The van der Waals surface area contributed by atoms with Crippen molar-refractivity contribution in [2.75, 3.05) is 26.7 Å². The van der Waals surface area contributed by atoms with Crippen LogP contribution in [0.2, 0.25) is 0 Å². The maximum atomic E-state index is 3.53. The number of likely N-dealkylation sites (N-methyl/N-ethyl adjacent to an activating group) is 1. The van der Waals surface area contributed by atoms with E-state index in [1.54, 1.807) is 0 Å². The molecule has 2 nitrogen and oxygen atoms in total. The Bertz CT molecular complexity index is 128. The van der Waals surface area contributed by atoms with E-state index in [2.05, 4.69) is 31.1 Å². The molecule has 0 amide bonds. The van der Waals surface area contributed by atoms with Crippen molar-refractivity contribution in [3.8, 4) is 0 Å². The lowest BCUT2D eigenvalue weighted by Gasteiger charge is -2.21. The van der Waals surface area contributed by atoms with Crippen LogP contribution in [0, 0.1) is 5.92 Å². The number of hydrogen-bond acceptors (Lipinski definition) is 2. The zero-order valence-electron chi connectivity index (χ0n) is 9.34. The lowest BCUT2D eigenvalue weighted by molar-refractivity contribution is 0.283. The van der Waals surface area contributed by atoms with Crippen molar-refractivity contribution in [2.45, 2.75) is 39.2 Å². The summed E-state index contributed by atoms with van der Waals surface area (Å²) < 4.78 is 0. The van der Waals surface area contributed by atoms with Gasteiger partial charge >= 0.3 is 0 Å². The van der Waals surface area contributed by atoms with E-state index in [1.165, 1.54) is 38.9 Å². The van der Waals surface area contributed by atoms with Crippen LogP contribution < -0.4 is 5.32 Å². The summed E-state index contributed by atoms with van der Waals surface area (Å²) in [5.41, 5.74) is 0. The molecule has 1 heterocycles. The van der Waals surface area contributed by atoms with Gasteiger partial charge in [-0.3, -0.25) is 0 Å². The molecule has 0 aromatic carbocycles. The summed E-state index contributed by atoms with van der Waals surface area (Å²) in [7, 11) is 2.24. The Labute approximate surface area is 82.7 Å². The van der Waals surface area contributed by atoms with Gasteiger partial charge in [0.1, 0.15) is 0 Å². The SMILES string of the molecule is CC(C)CCN(C)CC1CCCN1. The van der Waals surface area contributed by atoms with Crippen LogP contribution in [0.3, 0.4) is 0 Å². The minimum absolute atomic E-state index is 0.761. The molecule has 0 radical (unpaired) electrons. The fraction of sp³-hybridized carbons (Fsp3) is 1.00. The van der Waals surface area contributed by atoms with E-state index < -0.39 is 0 Å². The molecule has 0 aromatic heterocycles. The highest BCUT2D eigenvalue weighted by Crippen LogP contribution is 2.07. The van der Waals surface area contributed by atoms with Crippen LogP contribution in [0.25, 0.3) is 0 Å². The van der Waals surface area contributed by atoms with Gasteiger partial charge in [-0.05, 0) is 45.3 Å². The first-order valence-corrected chi connectivity index (χ1v) is 5.60. The van der Waals surface area contributed by atoms with Crippen LogP contribution in [0.15, 0.2) is 0 Å².